The topological polar surface area (TPSA) is 75.8 Å². The van der Waals surface area contributed by atoms with Crippen LogP contribution in [0.5, 0.6) is 5.75 Å². The average Bonchev–Trinajstić information content (AvgIpc) is 2.77. The fourth-order valence-corrected chi connectivity index (χ4v) is 1.40. The van der Waals surface area contributed by atoms with Gasteiger partial charge < -0.3 is 5.11 Å². The van der Waals surface area contributed by atoms with Crippen molar-refractivity contribution >= 4 is 0 Å². The fraction of sp³-hybridized carbons (Fsp3) is 0.455. The van der Waals surface area contributed by atoms with Gasteiger partial charge in [0, 0.05) is 20.2 Å². The number of aromatic nitrogens is 4. The van der Waals surface area contributed by atoms with Crippen molar-refractivity contribution in [2.45, 2.75) is 20.0 Å². The Morgan fingerprint density at radius 2 is 1.85 bits per heavy atom. The minimum Gasteiger partial charge on any atom is -0.504 e. The molecule has 0 spiro atoms. The maximum absolute atomic E-state index is 11.8. The first kappa shape index (κ1) is 15.9. The molecule has 2 rings (SSSR count). The predicted octanol–water partition coefficient (Wildman–Crippen LogP) is 1.47. The van der Waals surface area contributed by atoms with Gasteiger partial charge in [-0.05, 0) is 13.8 Å². The smallest absolute Gasteiger partial charge is 0.432 e. The zero-order valence-electron chi connectivity index (χ0n) is 11.4. The summed E-state index contributed by atoms with van der Waals surface area (Å²) in [6.45, 7) is 3.61. The number of hydrogen-bond donors (Lipinski definition) is 2. The number of alkyl halides is 3. The lowest BCUT2D eigenvalue weighted by Gasteiger charge is -2.00. The zero-order chi connectivity index (χ0) is 15.7. The summed E-state index contributed by atoms with van der Waals surface area (Å²) >= 11 is 0. The average molecular weight is 292 g/mol. The van der Waals surface area contributed by atoms with Crippen LogP contribution in [-0.2, 0) is 20.3 Å². The number of rotatable bonds is 0. The number of aromatic amines is 1. The highest BCUT2D eigenvalue weighted by Gasteiger charge is 2.33. The van der Waals surface area contributed by atoms with Crippen molar-refractivity contribution in [3.63, 3.8) is 0 Å². The van der Waals surface area contributed by atoms with Crippen LogP contribution >= 0.6 is 0 Å². The van der Waals surface area contributed by atoms with Crippen molar-refractivity contribution in [1.29, 1.82) is 0 Å². The summed E-state index contributed by atoms with van der Waals surface area (Å²) in [6.07, 6.45) is -4.47. The number of nitrogens with zero attached hydrogens (tertiary/aromatic N) is 3. The number of aryl methyl sites for hydroxylation is 3. The second kappa shape index (κ2) is 5.43. The van der Waals surface area contributed by atoms with Crippen molar-refractivity contribution < 1.29 is 18.3 Å². The minimum atomic E-state index is -4.47. The quantitative estimate of drug-likeness (QED) is 0.772. The summed E-state index contributed by atoms with van der Waals surface area (Å²) < 4.78 is 37.8. The van der Waals surface area contributed by atoms with Crippen LogP contribution in [-0.4, -0.2) is 24.7 Å². The molecule has 0 aliphatic carbocycles. The van der Waals surface area contributed by atoms with Gasteiger partial charge in [-0.15, -0.1) is 0 Å². The molecular formula is C11H15F3N4O2. The molecule has 2 N–H and O–H groups in total. The number of aromatic hydroxyl groups is 1. The Labute approximate surface area is 112 Å². The second-order valence-electron chi connectivity index (χ2n) is 4.21. The molecule has 0 bridgehead atoms. The van der Waals surface area contributed by atoms with Crippen molar-refractivity contribution in [1.82, 2.24) is 19.6 Å². The molecule has 112 valence electrons. The first-order valence-electron chi connectivity index (χ1n) is 5.56. The highest BCUT2D eigenvalue weighted by Crippen LogP contribution is 2.25. The summed E-state index contributed by atoms with van der Waals surface area (Å²) in [4.78, 5) is 10.5. The summed E-state index contributed by atoms with van der Waals surface area (Å²) in [5, 5.41) is 15.0. The molecule has 2 heterocycles. The van der Waals surface area contributed by atoms with Crippen molar-refractivity contribution in [3.05, 3.63) is 33.5 Å². The second-order valence-corrected chi connectivity index (χ2v) is 4.21. The van der Waals surface area contributed by atoms with Gasteiger partial charge in [0.2, 0.25) is 0 Å². The predicted molar refractivity (Wildman–Crippen MR) is 65.4 cm³/mol. The van der Waals surface area contributed by atoms with Crippen LogP contribution in [0.25, 0.3) is 0 Å². The van der Waals surface area contributed by atoms with Crippen molar-refractivity contribution in [2.75, 3.05) is 0 Å². The maximum atomic E-state index is 11.8. The molecule has 6 nitrogen and oxygen atoms in total. The Morgan fingerprint density at radius 1 is 1.30 bits per heavy atom. The summed E-state index contributed by atoms with van der Waals surface area (Å²) in [5.41, 5.74) is -0.218. The van der Waals surface area contributed by atoms with Crippen molar-refractivity contribution in [2.24, 2.45) is 14.1 Å². The Morgan fingerprint density at radius 3 is 2.00 bits per heavy atom. The number of H-pyrrole nitrogens is 1. The molecular weight excluding hydrogens is 277 g/mol. The van der Waals surface area contributed by atoms with E-state index in [0.717, 1.165) is 10.4 Å². The summed E-state index contributed by atoms with van der Waals surface area (Å²) in [7, 11) is 3.03. The van der Waals surface area contributed by atoms with Crippen LogP contribution < -0.4 is 5.56 Å². The third-order valence-electron chi connectivity index (χ3n) is 2.66. The van der Waals surface area contributed by atoms with Gasteiger partial charge in [-0.1, -0.05) is 0 Å². The van der Waals surface area contributed by atoms with Gasteiger partial charge >= 0.3 is 6.18 Å². The molecule has 0 aliphatic rings. The SMILES string of the molecule is Cc1nn(C)c(C)c1O.Cn1[nH]c(C(F)(F)F)cc1=O. The van der Waals surface area contributed by atoms with Crippen LogP contribution in [0.1, 0.15) is 17.1 Å². The van der Waals surface area contributed by atoms with E-state index < -0.39 is 17.4 Å². The summed E-state index contributed by atoms with van der Waals surface area (Å²) in [5.74, 6) is 0.303. The van der Waals surface area contributed by atoms with E-state index in [2.05, 4.69) is 5.10 Å². The van der Waals surface area contributed by atoms with Crippen LogP contribution in [0.15, 0.2) is 10.9 Å². The van der Waals surface area contributed by atoms with Crippen LogP contribution in [0.3, 0.4) is 0 Å². The molecule has 20 heavy (non-hydrogen) atoms. The molecule has 0 saturated heterocycles. The molecule has 0 aliphatic heterocycles. The molecule has 0 aromatic carbocycles. The van der Waals surface area contributed by atoms with Gasteiger partial charge in [0.05, 0.1) is 5.69 Å². The van der Waals surface area contributed by atoms with Crippen LogP contribution in [0.4, 0.5) is 13.2 Å². The minimum absolute atomic E-state index is 0.303. The lowest BCUT2D eigenvalue weighted by Crippen LogP contribution is -2.10. The third kappa shape index (κ3) is 3.43. The maximum Gasteiger partial charge on any atom is 0.432 e. The highest BCUT2D eigenvalue weighted by atomic mass is 19.4. The van der Waals surface area contributed by atoms with E-state index in [-0.39, 0.29) is 0 Å². The summed E-state index contributed by atoms with van der Waals surface area (Å²) in [6, 6.07) is 0.514. The molecule has 2 aromatic heterocycles. The molecule has 2 aromatic rings. The van der Waals surface area contributed by atoms with E-state index >= 15 is 0 Å². The van der Waals surface area contributed by atoms with Crippen LogP contribution in [0.2, 0.25) is 0 Å². The molecule has 9 heteroatoms. The molecule has 0 atom stereocenters. The van der Waals surface area contributed by atoms with Crippen molar-refractivity contribution in [3.8, 4) is 5.75 Å². The molecule has 0 unspecified atom stereocenters. The molecule has 0 amide bonds. The lowest BCUT2D eigenvalue weighted by molar-refractivity contribution is -0.141. The van der Waals surface area contributed by atoms with Gasteiger partial charge in [0.15, 0.2) is 5.75 Å². The normalized spacial score (nSPS) is 11.2. The van der Waals surface area contributed by atoms with E-state index in [4.69, 9.17) is 5.11 Å². The first-order valence-corrected chi connectivity index (χ1v) is 5.56. The molecule has 0 radical (unpaired) electrons. The standard InChI is InChI=1S/C6H10N2O.C5H5F3N2O/c1-4-6(9)5(2)8(3)7-4;1-10-4(11)2-3(9-10)5(6,7)8/h9H,1-3H3;2,9H,1H3. The van der Waals surface area contributed by atoms with Gasteiger partial charge in [-0.3, -0.25) is 19.3 Å². The van der Waals surface area contributed by atoms with E-state index in [1.807, 2.05) is 19.1 Å². The molecule has 0 saturated carbocycles. The number of halogens is 3. The number of nitrogens with one attached hydrogen (secondary N) is 1. The largest absolute Gasteiger partial charge is 0.504 e. The van der Waals surface area contributed by atoms with Gasteiger partial charge in [-0.25, -0.2) is 0 Å². The van der Waals surface area contributed by atoms with E-state index in [9.17, 15) is 18.0 Å². The first-order chi connectivity index (χ1) is 9.04. The van der Waals surface area contributed by atoms with E-state index in [0.29, 0.717) is 17.5 Å². The molecule has 0 fully saturated rings. The fourth-order valence-electron chi connectivity index (χ4n) is 1.40. The van der Waals surface area contributed by atoms with E-state index in [1.165, 1.54) is 7.05 Å². The Bertz CT molecular complexity index is 629. The zero-order valence-corrected chi connectivity index (χ0v) is 11.4. The Balaban J connectivity index is 0.000000204. The number of hydrogen-bond acceptors (Lipinski definition) is 3. The van der Waals surface area contributed by atoms with Gasteiger partial charge in [-0.2, -0.15) is 18.3 Å². The van der Waals surface area contributed by atoms with E-state index in [1.54, 1.807) is 11.6 Å². The van der Waals surface area contributed by atoms with Crippen LogP contribution in [0, 0.1) is 13.8 Å². The monoisotopic (exact) mass is 292 g/mol. The Hall–Kier alpha value is -2.19. The third-order valence-corrected chi connectivity index (χ3v) is 2.66. The highest BCUT2D eigenvalue weighted by molar-refractivity contribution is 5.29. The Kier molecular flexibility index (Phi) is 4.31. The van der Waals surface area contributed by atoms with Gasteiger partial charge in [0.1, 0.15) is 11.4 Å². The lowest BCUT2D eigenvalue weighted by atomic mass is 10.4. The van der Waals surface area contributed by atoms with Gasteiger partial charge in [0.25, 0.3) is 5.56 Å².